The third kappa shape index (κ3) is 5.32. The van der Waals surface area contributed by atoms with E-state index in [2.05, 4.69) is 10.5 Å². The third-order valence-corrected chi connectivity index (χ3v) is 5.24. The van der Waals surface area contributed by atoms with E-state index in [9.17, 15) is 9.59 Å². The molecule has 1 N–H and O–H groups in total. The summed E-state index contributed by atoms with van der Waals surface area (Å²) < 4.78 is 4.99. The Balaban J connectivity index is 1.44. The van der Waals surface area contributed by atoms with Crippen molar-refractivity contribution in [3.63, 3.8) is 0 Å². The molecule has 1 fully saturated rings. The van der Waals surface area contributed by atoms with Crippen LogP contribution in [0.25, 0.3) is 0 Å². The molecule has 1 aromatic heterocycles. The lowest BCUT2D eigenvalue weighted by molar-refractivity contribution is -0.121. The molecule has 0 unspecified atom stereocenters. The topological polar surface area (TPSA) is 75.4 Å². The molecule has 1 aliphatic rings. The van der Waals surface area contributed by atoms with Gasteiger partial charge in [0, 0.05) is 37.1 Å². The highest BCUT2D eigenvalue weighted by atomic mass is 35.5. The summed E-state index contributed by atoms with van der Waals surface area (Å²) in [6.45, 7) is 3.58. The van der Waals surface area contributed by atoms with Crippen molar-refractivity contribution in [1.29, 1.82) is 0 Å². The van der Waals surface area contributed by atoms with Gasteiger partial charge in [0.05, 0.1) is 0 Å². The smallest absolute Gasteiger partial charge is 0.276 e. The summed E-state index contributed by atoms with van der Waals surface area (Å²) in [5.41, 5.74) is 1.26. The van der Waals surface area contributed by atoms with Gasteiger partial charge in [0.15, 0.2) is 5.69 Å². The molecule has 2 amide bonds. The molecule has 0 saturated carbocycles. The van der Waals surface area contributed by atoms with Crippen molar-refractivity contribution in [1.82, 2.24) is 15.4 Å². The number of benzene rings is 1. The average Bonchev–Trinajstić information content (AvgIpc) is 3.11. The summed E-state index contributed by atoms with van der Waals surface area (Å²) in [6, 6.07) is 9.14. The molecule has 1 saturated heterocycles. The van der Waals surface area contributed by atoms with E-state index in [1.165, 1.54) is 0 Å². The van der Waals surface area contributed by atoms with Gasteiger partial charge in [0.25, 0.3) is 5.91 Å². The second-order valence-electron chi connectivity index (χ2n) is 6.99. The van der Waals surface area contributed by atoms with Gasteiger partial charge in [-0.2, -0.15) is 0 Å². The summed E-state index contributed by atoms with van der Waals surface area (Å²) in [7, 11) is 0. The highest BCUT2D eigenvalue weighted by molar-refractivity contribution is 6.31. The number of aromatic nitrogens is 1. The number of carbonyl (C=O) groups excluding carboxylic acids is 2. The van der Waals surface area contributed by atoms with Crippen molar-refractivity contribution >= 4 is 23.4 Å². The minimum absolute atomic E-state index is 0.00509. The van der Waals surface area contributed by atoms with E-state index >= 15 is 0 Å². The Kier molecular flexibility index (Phi) is 6.50. The van der Waals surface area contributed by atoms with Crippen molar-refractivity contribution in [2.75, 3.05) is 13.1 Å². The van der Waals surface area contributed by atoms with Crippen LogP contribution in [-0.2, 0) is 11.3 Å². The Morgan fingerprint density at radius 1 is 1.37 bits per heavy atom. The first-order chi connectivity index (χ1) is 13.0. The largest absolute Gasteiger partial charge is 0.361 e. The molecule has 0 spiro atoms. The maximum Gasteiger partial charge on any atom is 0.276 e. The van der Waals surface area contributed by atoms with Crippen LogP contribution < -0.4 is 5.32 Å². The molecule has 27 heavy (non-hydrogen) atoms. The molecule has 0 radical (unpaired) electrons. The van der Waals surface area contributed by atoms with Crippen LogP contribution in [0.3, 0.4) is 0 Å². The van der Waals surface area contributed by atoms with Crippen LogP contribution in [0.5, 0.6) is 0 Å². The molecule has 0 bridgehead atoms. The van der Waals surface area contributed by atoms with Crippen LogP contribution in [0, 0.1) is 12.8 Å². The predicted molar refractivity (Wildman–Crippen MR) is 102 cm³/mol. The number of amides is 2. The lowest BCUT2D eigenvalue weighted by Gasteiger charge is -2.32. The summed E-state index contributed by atoms with van der Waals surface area (Å²) in [4.78, 5) is 26.5. The summed E-state index contributed by atoms with van der Waals surface area (Å²) in [5.74, 6) is 0.856. The van der Waals surface area contributed by atoms with Gasteiger partial charge >= 0.3 is 0 Å². The van der Waals surface area contributed by atoms with Gasteiger partial charge in [0.2, 0.25) is 5.91 Å². The number of rotatable bonds is 6. The van der Waals surface area contributed by atoms with E-state index in [0.717, 1.165) is 31.4 Å². The Morgan fingerprint density at radius 2 is 2.19 bits per heavy atom. The van der Waals surface area contributed by atoms with Crippen LogP contribution in [-0.4, -0.2) is 35.0 Å². The van der Waals surface area contributed by atoms with Crippen LogP contribution >= 0.6 is 11.6 Å². The van der Waals surface area contributed by atoms with Gasteiger partial charge < -0.3 is 14.7 Å². The van der Waals surface area contributed by atoms with E-state index in [0.29, 0.717) is 41.9 Å². The van der Waals surface area contributed by atoms with Gasteiger partial charge in [-0.3, -0.25) is 9.59 Å². The molecule has 6 nitrogen and oxygen atoms in total. The number of piperidine rings is 1. The van der Waals surface area contributed by atoms with E-state index in [1.54, 1.807) is 13.0 Å². The number of aryl methyl sites for hydroxylation is 1. The zero-order valence-corrected chi connectivity index (χ0v) is 16.2. The number of halogens is 1. The standard InChI is InChI=1S/C20H24ClN3O3/c1-14-11-18(23-27-14)20(26)24-10-4-5-15(13-24)8-9-19(25)22-12-16-6-2-3-7-17(16)21/h2-3,6-7,11,15H,4-5,8-10,12-13H2,1H3,(H,22,25)/t15-/m0/s1. The second kappa shape index (κ2) is 9.04. The fraction of sp³-hybridized carbons (Fsp3) is 0.450. The van der Waals surface area contributed by atoms with Gasteiger partial charge in [-0.05, 0) is 43.7 Å². The fourth-order valence-electron chi connectivity index (χ4n) is 3.37. The van der Waals surface area contributed by atoms with Gasteiger partial charge in [-0.25, -0.2) is 0 Å². The number of carbonyl (C=O) groups is 2. The van der Waals surface area contributed by atoms with E-state index in [-0.39, 0.29) is 11.8 Å². The fourth-order valence-corrected chi connectivity index (χ4v) is 3.58. The van der Waals surface area contributed by atoms with Crippen LogP contribution in [0.1, 0.15) is 47.5 Å². The molecular weight excluding hydrogens is 366 g/mol. The third-order valence-electron chi connectivity index (χ3n) is 4.87. The van der Waals surface area contributed by atoms with E-state index in [4.69, 9.17) is 16.1 Å². The van der Waals surface area contributed by atoms with Crippen molar-refractivity contribution in [2.24, 2.45) is 5.92 Å². The van der Waals surface area contributed by atoms with Crippen molar-refractivity contribution < 1.29 is 14.1 Å². The molecule has 2 heterocycles. The number of hydrogen-bond donors (Lipinski definition) is 1. The molecule has 1 aliphatic heterocycles. The Morgan fingerprint density at radius 3 is 2.93 bits per heavy atom. The zero-order valence-electron chi connectivity index (χ0n) is 15.4. The van der Waals surface area contributed by atoms with Gasteiger partial charge in [0.1, 0.15) is 5.76 Å². The number of nitrogens with zero attached hydrogens (tertiary/aromatic N) is 2. The Hall–Kier alpha value is -2.34. The first kappa shape index (κ1) is 19.4. The minimum Gasteiger partial charge on any atom is -0.361 e. The highest BCUT2D eigenvalue weighted by Gasteiger charge is 2.26. The number of likely N-dealkylation sites (tertiary alicyclic amines) is 1. The minimum atomic E-state index is -0.0975. The Bertz CT molecular complexity index is 805. The maximum absolute atomic E-state index is 12.5. The normalized spacial score (nSPS) is 17.0. The number of hydrogen-bond acceptors (Lipinski definition) is 4. The monoisotopic (exact) mass is 389 g/mol. The molecular formula is C20H24ClN3O3. The van der Waals surface area contributed by atoms with Crippen molar-refractivity contribution in [2.45, 2.75) is 39.2 Å². The molecule has 144 valence electrons. The molecule has 1 atom stereocenters. The highest BCUT2D eigenvalue weighted by Crippen LogP contribution is 2.22. The summed E-state index contributed by atoms with van der Waals surface area (Å²) >= 11 is 6.10. The van der Waals surface area contributed by atoms with Crippen molar-refractivity contribution in [3.05, 3.63) is 52.4 Å². The molecule has 1 aromatic carbocycles. The van der Waals surface area contributed by atoms with Crippen LogP contribution in [0.4, 0.5) is 0 Å². The van der Waals surface area contributed by atoms with Crippen molar-refractivity contribution in [3.8, 4) is 0 Å². The average molecular weight is 390 g/mol. The first-order valence-corrected chi connectivity index (χ1v) is 9.63. The van der Waals surface area contributed by atoms with Crippen LogP contribution in [0.2, 0.25) is 5.02 Å². The predicted octanol–water partition coefficient (Wildman–Crippen LogP) is 3.59. The second-order valence-corrected chi connectivity index (χ2v) is 7.40. The molecule has 0 aliphatic carbocycles. The molecule has 3 rings (SSSR count). The zero-order chi connectivity index (χ0) is 19.2. The maximum atomic E-state index is 12.5. The quantitative estimate of drug-likeness (QED) is 0.819. The number of nitrogens with one attached hydrogen (secondary N) is 1. The summed E-state index contributed by atoms with van der Waals surface area (Å²) in [5, 5.41) is 7.38. The Labute approximate surface area is 163 Å². The summed E-state index contributed by atoms with van der Waals surface area (Å²) in [6.07, 6.45) is 3.17. The van der Waals surface area contributed by atoms with E-state index in [1.807, 2.05) is 29.2 Å². The lowest BCUT2D eigenvalue weighted by Crippen LogP contribution is -2.40. The van der Waals surface area contributed by atoms with Gasteiger partial charge in [-0.15, -0.1) is 0 Å². The molecule has 7 heteroatoms. The van der Waals surface area contributed by atoms with Gasteiger partial charge in [-0.1, -0.05) is 35.0 Å². The first-order valence-electron chi connectivity index (χ1n) is 9.25. The lowest BCUT2D eigenvalue weighted by atomic mass is 9.93. The SMILES string of the molecule is Cc1cc(C(=O)N2CCC[C@@H](CCC(=O)NCc3ccccc3Cl)C2)no1. The molecule has 2 aromatic rings. The van der Waals surface area contributed by atoms with Crippen LogP contribution in [0.15, 0.2) is 34.9 Å². The van der Waals surface area contributed by atoms with E-state index < -0.39 is 0 Å².